The van der Waals surface area contributed by atoms with Crippen LogP contribution in [0, 0.1) is 5.41 Å². The molecule has 9 heteroatoms. The molecule has 4 N–H and O–H groups in total. The molecule has 2 heterocycles. The zero-order chi connectivity index (χ0) is 19.1. The highest BCUT2D eigenvalue weighted by atomic mass is 35.5. The summed E-state index contributed by atoms with van der Waals surface area (Å²) in [5, 5.41) is 6.04. The largest absolute Gasteiger partial charge is 0.384 e. The lowest BCUT2D eigenvalue weighted by atomic mass is 9.61. The van der Waals surface area contributed by atoms with E-state index < -0.39 is 5.66 Å². The van der Waals surface area contributed by atoms with Gasteiger partial charge in [0.1, 0.15) is 29.3 Å². The number of rotatable bonds is 4. The molecule has 0 aromatic carbocycles. The maximum Gasteiger partial charge on any atom is 0.271 e. The summed E-state index contributed by atoms with van der Waals surface area (Å²) in [4.78, 5) is 33.6. The molecule has 3 rings (SSSR count). The van der Waals surface area contributed by atoms with Crippen LogP contribution in [-0.2, 0) is 9.59 Å². The highest BCUT2D eigenvalue weighted by molar-refractivity contribution is 6.33. The van der Waals surface area contributed by atoms with Crippen LogP contribution in [0.3, 0.4) is 0 Å². The molecule has 1 aliphatic heterocycles. The van der Waals surface area contributed by atoms with Crippen molar-refractivity contribution in [1.82, 2.24) is 20.2 Å². The summed E-state index contributed by atoms with van der Waals surface area (Å²) in [6, 6.07) is 1.48. The predicted molar refractivity (Wildman–Crippen MR) is 98.7 cm³/mol. The third-order valence-electron chi connectivity index (χ3n) is 5.27. The number of halogens is 1. The van der Waals surface area contributed by atoms with E-state index in [1.165, 1.54) is 18.5 Å². The number of anilines is 2. The molecule has 1 aromatic rings. The molecule has 1 saturated carbocycles. The number of nitrogens with zero attached hydrogens (tertiary/aromatic N) is 3. The van der Waals surface area contributed by atoms with E-state index in [-0.39, 0.29) is 27.9 Å². The molecular weight excluding hydrogens is 356 g/mol. The Bertz CT molecular complexity index is 834. The second-order valence-corrected chi connectivity index (χ2v) is 7.53. The number of hydrogen-bond donors (Lipinski definition) is 3. The van der Waals surface area contributed by atoms with Crippen LogP contribution in [0.15, 0.2) is 34.9 Å². The predicted octanol–water partition coefficient (Wildman–Crippen LogP) is 1.58. The average Bonchev–Trinajstić information content (AvgIpc) is 2.86. The second kappa shape index (κ2) is 6.28. The van der Waals surface area contributed by atoms with Crippen LogP contribution in [-0.4, -0.2) is 39.8 Å². The summed E-state index contributed by atoms with van der Waals surface area (Å²) in [6.07, 6.45) is 5.13. The van der Waals surface area contributed by atoms with Crippen LogP contribution in [0.25, 0.3) is 0 Å². The van der Waals surface area contributed by atoms with Crippen molar-refractivity contribution in [3.8, 4) is 0 Å². The van der Waals surface area contributed by atoms with Crippen LogP contribution in [0.2, 0.25) is 0 Å². The number of likely N-dealkylation sites (N-methyl/N-ethyl adjacent to an activating group) is 1. The molecule has 1 spiro atoms. The molecule has 1 aliphatic carbocycles. The van der Waals surface area contributed by atoms with E-state index in [0.29, 0.717) is 17.8 Å². The Morgan fingerprint density at radius 1 is 1.42 bits per heavy atom. The maximum atomic E-state index is 12.5. The van der Waals surface area contributed by atoms with Crippen LogP contribution in [0.4, 0.5) is 11.6 Å². The fourth-order valence-electron chi connectivity index (χ4n) is 3.55. The summed E-state index contributed by atoms with van der Waals surface area (Å²) in [5.41, 5.74) is 5.57. The van der Waals surface area contributed by atoms with Gasteiger partial charge in [0, 0.05) is 18.5 Å². The molecule has 1 atom stereocenters. The topological polar surface area (TPSA) is 113 Å². The first-order valence-corrected chi connectivity index (χ1v) is 8.55. The summed E-state index contributed by atoms with van der Waals surface area (Å²) >= 11 is 6.39. The molecule has 138 valence electrons. The highest BCUT2D eigenvalue weighted by Crippen LogP contribution is 2.54. The standard InChI is InChI=1S/C17H21ClN6O2/c1-16(2)4-5-17(16)23-15(26)14(24(17)3)11(18)6-10(8-25)22-13-7-12(19)20-9-21-13/h6-9H,4-5H2,1-3H3,(H,23,26)(H3,19,20,21,22)/b10-6+,14-11+. The lowest BCUT2D eigenvalue weighted by Gasteiger charge is -2.57. The maximum absolute atomic E-state index is 12.5. The third kappa shape index (κ3) is 2.80. The molecule has 1 aromatic heterocycles. The van der Waals surface area contributed by atoms with Crippen molar-refractivity contribution in [2.75, 3.05) is 18.1 Å². The van der Waals surface area contributed by atoms with Crippen LogP contribution in [0.1, 0.15) is 26.7 Å². The van der Waals surface area contributed by atoms with Crippen LogP contribution < -0.4 is 16.4 Å². The SMILES string of the molecule is CN1/C(=C(Cl)\C=C(/C=O)Nc2cc(N)ncn2)C(=O)NC12CCC2(C)C. The quantitative estimate of drug-likeness (QED) is 0.540. The van der Waals surface area contributed by atoms with Crippen LogP contribution >= 0.6 is 11.6 Å². The number of carbonyl (C=O) groups excluding carboxylic acids is 2. The van der Waals surface area contributed by atoms with Gasteiger partial charge in [-0.1, -0.05) is 25.4 Å². The normalized spacial score (nSPS) is 26.4. The van der Waals surface area contributed by atoms with Crippen molar-refractivity contribution in [2.24, 2.45) is 5.41 Å². The van der Waals surface area contributed by atoms with Gasteiger partial charge in [-0.25, -0.2) is 9.97 Å². The van der Waals surface area contributed by atoms with Gasteiger partial charge in [0.05, 0.1) is 10.7 Å². The molecule has 0 radical (unpaired) electrons. The van der Waals surface area contributed by atoms with E-state index in [0.717, 1.165) is 12.8 Å². The van der Waals surface area contributed by atoms with Crippen molar-refractivity contribution in [3.05, 3.63) is 34.9 Å². The van der Waals surface area contributed by atoms with Gasteiger partial charge in [-0.15, -0.1) is 0 Å². The van der Waals surface area contributed by atoms with E-state index in [1.54, 1.807) is 0 Å². The van der Waals surface area contributed by atoms with Gasteiger partial charge >= 0.3 is 0 Å². The number of carbonyl (C=O) groups is 2. The molecule has 26 heavy (non-hydrogen) atoms. The number of nitrogens with two attached hydrogens (primary N) is 1. The Kier molecular flexibility index (Phi) is 4.39. The summed E-state index contributed by atoms with van der Waals surface area (Å²) < 4.78 is 0. The first-order valence-electron chi connectivity index (χ1n) is 8.18. The Morgan fingerprint density at radius 3 is 2.65 bits per heavy atom. The van der Waals surface area contributed by atoms with E-state index in [2.05, 4.69) is 34.4 Å². The molecule has 8 nitrogen and oxygen atoms in total. The monoisotopic (exact) mass is 376 g/mol. The first-order chi connectivity index (χ1) is 12.2. The third-order valence-corrected chi connectivity index (χ3v) is 5.56. The zero-order valence-electron chi connectivity index (χ0n) is 14.8. The molecule has 2 aliphatic rings. The fourth-order valence-corrected chi connectivity index (χ4v) is 3.88. The number of nitrogen functional groups attached to an aromatic ring is 1. The van der Waals surface area contributed by atoms with Gasteiger partial charge < -0.3 is 21.3 Å². The molecule has 0 bridgehead atoms. The number of aldehydes is 1. The van der Waals surface area contributed by atoms with E-state index in [1.807, 2.05) is 11.9 Å². The Morgan fingerprint density at radius 2 is 2.15 bits per heavy atom. The van der Waals surface area contributed by atoms with Gasteiger partial charge in [0.2, 0.25) is 0 Å². The van der Waals surface area contributed by atoms with E-state index in [4.69, 9.17) is 17.3 Å². The van der Waals surface area contributed by atoms with Gasteiger partial charge in [0.15, 0.2) is 6.29 Å². The van der Waals surface area contributed by atoms with Crippen molar-refractivity contribution in [1.29, 1.82) is 0 Å². The average molecular weight is 377 g/mol. The van der Waals surface area contributed by atoms with Gasteiger partial charge in [-0.05, 0) is 18.9 Å². The summed E-state index contributed by atoms with van der Waals surface area (Å²) in [6.45, 7) is 4.22. The van der Waals surface area contributed by atoms with Gasteiger partial charge in [-0.2, -0.15) is 0 Å². The van der Waals surface area contributed by atoms with Gasteiger partial charge in [0.25, 0.3) is 5.91 Å². The van der Waals surface area contributed by atoms with Crippen molar-refractivity contribution in [2.45, 2.75) is 32.4 Å². The number of allylic oxidation sites excluding steroid dienone is 3. The Hall–Kier alpha value is -2.61. The first kappa shape index (κ1) is 18.2. The lowest BCUT2D eigenvalue weighted by Crippen LogP contribution is -2.67. The number of nitrogens with one attached hydrogen (secondary N) is 2. The summed E-state index contributed by atoms with van der Waals surface area (Å²) in [7, 11) is 1.84. The highest BCUT2D eigenvalue weighted by Gasteiger charge is 2.61. The second-order valence-electron chi connectivity index (χ2n) is 7.12. The Labute approximate surface area is 156 Å². The number of hydrogen-bond acceptors (Lipinski definition) is 7. The van der Waals surface area contributed by atoms with Crippen molar-refractivity contribution in [3.63, 3.8) is 0 Å². The zero-order valence-corrected chi connectivity index (χ0v) is 15.6. The molecule has 1 saturated heterocycles. The minimum Gasteiger partial charge on any atom is -0.384 e. The van der Waals surface area contributed by atoms with Gasteiger partial charge in [-0.3, -0.25) is 9.59 Å². The molecule has 1 unspecified atom stereocenters. The Balaban J connectivity index is 1.91. The summed E-state index contributed by atoms with van der Waals surface area (Å²) in [5.74, 6) is 0.366. The van der Waals surface area contributed by atoms with Crippen molar-refractivity contribution < 1.29 is 9.59 Å². The minimum atomic E-state index is -0.441. The van der Waals surface area contributed by atoms with Crippen LogP contribution in [0.5, 0.6) is 0 Å². The molecule has 2 fully saturated rings. The molecular formula is C17H21ClN6O2. The van der Waals surface area contributed by atoms with E-state index >= 15 is 0 Å². The van der Waals surface area contributed by atoms with Crippen molar-refractivity contribution >= 4 is 35.4 Å². The van der Waals surface area contributed by atoms with E-state index in [9.17, 15) is 9.59 Å². The number of aromatic nitrogens is 2. The number of amides is 1. The molecule has 1 amide bonds. The lowest BCUT2D eigenvalue weighted by molar-refractivity contribution is -0.121. The fraction of sp³-hybridized carbons (Fsp3) is 0.412. The minimum absolute atomic E-state index is 0.0652. The smallest absolute Gasteiger partial charge is 0.271 e.